The van der Waals surface area contributed by atoms with Crippen molar-refractivity contribution in [3.63, 3.8) is 0 Å². The van der Waals surface area contributed by atoms with Crippen LogP contribution < -0.4 is 5.32 Å². The van der Waals surface area contributed by atoms with Crippen molar-refractivity contribution in [3.8, 4) is 0 Å². The Labute approximate surface area is 94.4 Å². The fourth-order valence-electron chi connectivity index (χ4n) is 1.35. The first-order valence-electron chi connectivity index (χ1n) is 5.00. The maximum Gasteiger partial charge on any atom is 0.157 e. The number of hydrogen-bond acceptors (Lipinski definition) is 4. The number of hydrogen-bond donors (Lipinski definition) is 1. The molecule has 0 radical (unpaired) electrons. The van der Waals surface area contributed by atoms with Crippen LogP contribution in [-0.2, 0) is 5.75 Å². The zero-order valence-electron chi connectivity index (χ0n) is 9.03. The molecule has 0 spiro atoms. The van der Waals surface area contributed by atoms with E-state index in [0.717, 1.165) is 17.5 Å². The fraction of sp³-hybridized carbons (Fsp3) is 0.455. The van der Waals surface area contributed by atoms with Gasteiger partial charge in [0.1, 0.15) is 0 Å². The molecule has 0 bridgehead atoms. The molecule has 0 aromatic carbocycles. The molecule has 1 aliphatic heterocycles. The molecule has 0 saturated heterocycles. The van der Waals surface area contributed by atoms with Gasteiger partial charge in [0, 0.05) is 18.1 Å². The minimum absolute atomic E-state index is 0.122. The highest BCUT2D eigenvalue weighted by Gasteiger charge is 2.24. The van der Waals surface area contributed by atoms with Crippen LogP contribution in [0.1, 0.15) is 19.4 Å². The van der Waals surface area contributed by atoms with Gasteiger partial charge in [-0.05, 0) is 25.5 Å². The van der Waals surface area contributed by atoms with Crippen molar-refractivity contribution in [1.29, 1.82) is 0 Å². The largest absolute Gasteiger partial charge is 0.358 e. The highest BCUT2D eigenvalue weighted by atomic mass is 32.2. The molecule has 0 unspecified atom stereocenters. The molecule has 0 fully saturated rings. The van der Waals surface area contributed by atoms with E-state index in [-0.39, 0.29) is 5.54 Å². The normalized spacial score (nSPS) is 18.4. The van der Waals surface area contributed by atoms with Crippen LogP contribution in [0, 0.1) is 0 Å². The molecule has 80 valence electrons. The van der Waals surface area contributed by atoms with E-state index < -0.39 is 0 Å². The summed E-state index contributed by atoms with van der Waals surface area (Å²) in [4.78, 5) is 8.54. The van der Waals surface area contributed by atoms with Gasteiger partial charge in [0.05, 0.1) is 12.1 Å². The van der Waals surface area contributed by atoms with E-state index in [1.165, 1.54) is 5.56 Å². The SMILES string of the molecule is CC1(C)CN=C(SCc2cccnc2)N1. The molecule has 1 N–H and O–H groups in total. The molecule has 2 rings (SSSR count). The summed E-state index contributed by atoms with van der Waals surface area (Å²) in [5, 5.41) is 4.44. The first-order chi connectivity index (χ1) is 7.16. The van der Waals surface area contributed by atoms with E-state index in [2.05, 4.69) is 35.2 Å². The Morgan fingerprint density at radius 2 is 2.40 bits per heavy atom. The summed E-state index contributed by atoms with van der Waals surface area (Å²) in [6, 6.07) is 4.05. The molecule has 0 saturated carbocycles. The van der Waals surface area contributed by atoms with Crippen LogP contribution in [0.25, 0.3) is 0 Å². The Morgan fingerprint density at radius 3 is 3.00 bits per heavy atom. The van der Waals surface area contributed by atoms with Crippen LogP contribution >= 0.6 is 11.8 Å². The first kappa shape index (κ1) is 10.5. The van der Waals surface area contributed by atoms with Gasteiger partial charge >= 0.3 is 0 Å². The van der Waals surface area contributed by atoms with E-state index in [1.807, 2.05) is 12.3 Å². The molecule has 4 heteroatoms. The summed E-state index contributed by atoms with van der Waals surface area (Å²) in [5.74, 6) is 0.926. The maximum absolute atomic E-state index is 4.45. The Bertz CT molecular complexity index is 359. The van der Waals surface area contributed by atoms with Crippen molar-refractivity contribution in [1.82, 2.24) is 10.3 Å². The third-order valence-corrected chi connectivity index (χ3v) is 3.14. The molecule has 1 aromatic rings. The minimum Gasteiger partial charge on any atom is -0.358 e. The lowest BCUT2D eigenvalue weighted by Crippen LogP contribution is -2.38. The van der Waals surface area contributed by atoms with Crippen LogP contribution in [0.5, 0.6) is 0 Å². The summed E-state index contributed by atoms with van der Waals surface area (Å²) in [5.41, 5.74) is 1.36. The van der Waals surface area contributed by atoms with Gasteiger partial charge in [0.2, 0.25) is 0 Å². The second kappa shape index (κ2) is 4.23. The Hall–Kier alpha value is -1.03. The van der Waals surface area contributed by atoms with E-state index in [4.69, 9.17) is 0 Å². The summed E-state index contributed by atoms with van der Waals surface area (Å²) in [7, 11) is 0. The number of rotatable bonds is 2. The van der Waals surface area contributed by atoms with Gasteiger partial charge in [-0.15, -0.1) is 0 Å². The first-order valence-corrected chi connectivity index (χ1v) is 5.99. The molecule has 0 amide bonds. The summed E-state index contributed by atoms with van der Waals surface area (Å²) < 4.78 is 0. The highest BCUT2D eigenvalue weighted by Crippen LogP contribution is 2.18. The topological polar surface area (TPSA) is 37.3 Å². The van der Waals surface area contributed by atoms with Gasteiger partial charge < -0.3 is 5.32 Å². The number of pyridine rings is 1. The number of amidine groups is 1. The van der Waals surface area contributed by atoms with Crippen molar-refractivity contribution in [2.45, 2.75) is 25.1 Å². The molecule has 3 nitrogen and oxygen atoms in total. The van der Waals surface area contributed by atoms with Crippen LogP contribution in [0.15, 0.2) is 29.5 Å². The van der Waals surface area contributed by atoms with Crippen molar-refractivity contribution in [3.05, 3.63) is 30.1 Å². The predicted octanol–water partition coefficient (Wildman–Crippen LogP) is 2.05. The lowest BCUT2D eigenvalue weighted by Gasteiger charge is -2.17. The second-order valence-corrected chi connectivity index (χ2v) is 5.24. The predicted molar refractivity (Wildman–Crippen MR) is 65.0 cm³/mol. The number of nitrogens with one attached hydrogen (secondary N) is 1. The van der Waals surface area contributed by atoms with Crippen molar-refractivity contribution < 1.29 is 0 Å². The number of nitrogens with zero attached hydrogens (tertiary/aromatic N) is 2. The van der Waals surface area contributed by atoms with E-state index in [9.17, 15) is 0 Å². The lowest BCUT2D eigenvalue weighted by atomic mass is 10.1. The average Bonchev–Trinajstić information content (AvgIpc) is 2.57. The smallest absolute Gasteiger partial charge is 0.157 e. The standard InChI is InChI=1S/C11H15N3S/c1-11(2)8-13-10(14-11)15-7-9-4-3-5-12-6-9/h3-6H,7-8H2,1-2H3,(H,13,14). The van der Waals surface area contributed by atoms with Crippen LogP contribution in [0.3, 0.4) is 0 Å². The van der Waals surface area contributed by atoms with Gasteiger partial charge in [0.25, 0.3) is 0 Å². The summed E-state index contributed by atoms with van der Waals surface area (Å²) >= 11 is 1.74. The van der Waals surface area contributed by atoms with Gasteiger partial charge in [-0.25, -0.2) is 0 Å². The van der Waals surface area contributed by atoms with Gasteiger partial charge in [-0.2, -0.15) is 0 Å². The van der Waals surface area contributed by atoms with Crippen LogP contribution in [0.4, 0.5) is 0 Å². The zero-order valence-corrected chi connectivity index (χ0v) is 9.84. The van der Waals surface area contributed by atoms with Crippen LogP contribution in [0.2, 0.25) is 0 Å². The van der Waals surface area contributed by atoms with E-state index in [1.54, 1.807) is 18.0 Å². The minimum atomic E-state index is 0.122. The van der Waals surface area contributed by atoms with Crippen molar-refractivity contribution >= 4 is 16.9 Å². The average molecular weight is 221 g/mol. The van der Waals surface area contributed by atoms with Crippen LogP contribution in [-0.4, -0.2) is 22.2 Å². The third-order valence-electron chi connectivity index (χ3n) is 2.16. The molecule has 0 atom stereocenters. The molecule has 2 heterocycles. The summed E-state index contributed by atoms with van der Waals surface area (Å²) in [6.45, 7) is 5.19. The number of aromatic nitrogens is 1. The third kappa shape index (κ3) is 2.96. The molecular formula is C11H15N3S. The molecule has 15 heavy (non-hydrogen) atoms. The monoisotopic (exact) mass is 221 g/mol. The Morgan fingerprint density at radius 1 is 1.53 bits per heavy atom. The number of aliphatic imine (C=N–C) groups is 1. The lowest BCUT2D eigenvalue weighted by molar-refractivity contribution is 0.508. The van der Waals surface area contributed by atoms with Gasteiger partial charge in [-0.3, -0.25) is 9.98 Å². The molecule has 1 aliphatic rings. The number of thioether (sulfide) groups is 1. The van der Waals surface area contributed by atoms with E-state index >= 15 is 0 Å². The molecule has 1 aromatic heterocycles. The summed E-state index contributed by atoms with van der Waals surface area (Å²) in [6.07, 6.45) is 3.69. The molecule has 0 aliphatic carbocycles. The highest BCUT2D eigenvalue weighted by molar-refractivity contribution is 8.13. The fourth-order valence-corrected chi connectivity index (χ4v) is 2.33. The van der Waals surface area contributed by atoms with Gasteiger partial charge in [-0.1, -0.05) is 17.8 Å². The quantitative estimate of drug-likeness (QED) is 0.830. The molecular weight excluding hydrogens is 206 g/mol. The Kier molecular flexibility index (Phi) is 2.95. The van der Waals surface area contributed by atoms with Crippen molar-refractivity contribution in [2.24, 2.45) is 4.99 Å². The van der Waals surface area contributed by atoms with E-state index in [0.29, 0.717) is 0 Å². The maximum atomic E-state index is 4.45. The van der Waals surface area contributed by atoms with Crippen molar-refractivity contribution in [2.75, 3.05) is 6.54 Å². The zero-order chi connectivity index (χ0) is 10.7. The Balaban J connectivity index is 1.85. The van der Waals surface area contributed by atoms with Gasteiger partial charge in [0.15, 0.2) is 5.17 Å². The second-order valence-electron chi connectivity index (χ2n) is 4.28.